The first-order valence-corrected chi connectivity index (χ1v) is 10.0. The molecule has 0 bridgehead atoms. The van der Waals surface area contributed by atoms with Crippen molar-refractivity contribution in [1.82, 2.24) is 29.5 Å². The molecule has 1 atom stereocenters. The van der Waals surface area contributed by atoms with E-state index < -0.39 is 0 Å². The molecule has 3 aromatic heterocycles. The molecule has 1 aromatic carbocycles. The SMILES string of the molecule is COc1ccc(-c2ccc3c(C4CN(C(=O)c5ccnn5C)CCO4)nnn3c2)cc1. The zero-order valence-corrected chi connectivity index (χ0v) is 17.3. The number of hydrogen-bond donors (Lipinski definition) is 0. The monoisotopic (exact) mass is 418 g/mol. The van der Waals surface area contributed by atoms with Crippen LogP contribution in [0.15, 0.2) is 54.9 Å². The number of amides is 1. The van der Waals surface area contributed by atoms with Gasteiger partial charge in [-0.25, -0.2) is 4.52 Å². The fourth-order valence-corrected chi connectivity index (χ4v) is 3.84. The molecule has 0 aliphatic carbocycles. The van der Waals surface area contributed by atoms with Crippen LogP contribution < -0.4 is 4.74 Å². The van der Waals surface area contributed by atoms with Gasteiger partial charge in [-0.05, 0) is 29.8 Å². The molecule has 1 fully saturated rings. The number of morpholine rings is 1. The van der Waals surface area contributed by atoms with Gasteiger partial charge in [0.2, 0.25) is 0 Å². The van der Waals surface area contributed by atoms with Gasteiger partial charge in [-0.15, -0.1) is 5.10 Å². The average molecular weight is 418 g/mol. The molecule has 1 saturated heterocycles. The first-order valence-electron chi connectivity index (χ1n) is 10.0. The third-order valence-electron chi connectivity index (χ3n) is 5.56. The van der Waals surface area contributed by atoms with E-state index in [0.717, 1.165) is 28.1 Å². The Morgan fingerprint density at radius 3 is 2.68 bits per heavy atom. The molecule has 1 amide bonds. The summed E-state index contributed by atoms with van der Waals surface area (Å²) in [5.74, 6) is 0.749. The molecule has 5 rings (SSSR count). The maximum atomic E-state index is 12.9. The standard InChI is InChI=1S/C22H22N6O3/c1-26-19(9-10-23-26)22(29)27-11-12-31-20(14-27)21-18-8-5-16(13-28(18)25-24-21)15-3-6-17(30-2)7-4-15/h3-10,13,20H,11-12,14H2,1-2H3. The van der Waals surface area contributed by atoms with E-state index >= 15 is 0 Å². The van der Waals surface area contributed by atoms with Crippen LogP contribution in [-0.4, -0.2) is 62.2 Å². The Kier molecular flexibility index (Phi) is 4.87. The van der Waals surface area contributed by atoms with E-state index in [0.29, 0.717) is 25.4 Å². The van der Waals surface area contributed by atoms with Gasteiger partial charge in [-0.2, -0.15) is 5.10 Å². The van der Waals surface area contributed by atoms with Gasteiger partial charge < -0.3 is 14.4 Å². The number of ether oxygens (including phenoxy) is 2. The Morgan fingerprint density at radius 2 is 1.94 bits per heavy atom. The molecule has 9 heteroatoms. The number of pyridine rings is 1. The van der Waals surface area contributed by atoms with Crippen LogP contribution in [0.1, 0.15) is 22.3 Å². The second-order valence-electron chi connectivity index (χ2n) is 7.40. The highest BCUT2D eigenvalue weighted by atomic mass is 16.5. The molecule has 9 nitrogen and oxygen atoms in total. The topological polar surface area (TPSA) is 86.8 Å². The van der Waals surface area contributed by atoms with Crippen molar-refractivity contribution in [2.75, 3.05) is 26.8 Å². The number of rotatable bonds is 4. The number of carbonyl (C=O) groups excluding carboxylic acids is 1. The smallest absolute Gasteiger partial charge is 0.272 e. The molecular formula is C22H22N6O3. The highest BCUT2D eigenvalue weighted by molar-refractivity contribution is 5.92. The van der Waals surface area contributed by atoms with Gasteiger partial charge >= 0.3 is 0 Å². The van der Waals surface area contributed by atoms with E-state index in [2.05, 4.69) is 15.4 Å². The molecule has 4 heterocycles. The molecule has 1 unspecified atom stereocenters. The van der Waals surface area contributed by atoms with Crippen LogP contribution >= 0.6 is 0 Å². The zero-order chi connectivity index (χ0) is 21.4. The molecule has 0 spiro atoms. The van der Waals surface area contributed by atoms with E-state index in [1.54, 1.807) is 40.5 Å². The summed E-state index contributed by atoms with van der Waals surface area (Å²) in [4.78, 5) is 14.6. The average Bonchev–Trinajstić information content (AvgIpc) is 3.44. The van der Waals surface area contributed by atoms with Crippen molar-refractivity contribution in [3.8, 4) is 16.9 Å². The Balaban J connectivity index is 1.39. The summed E-state index contributed by atoms with van der Waals surface area (Å²) >= 11 is 0. The van der Waals surface area contributed by atoms with Crippen LogP contribution in [0.3, 0.4) is 0 Å². The van der Waals surface area contributed by atoms with Crippen molar-refractivity contribution in [3.63, 3.8) is 0 Å². The normalized spacial score (nSPS) is 16.6. The second kappa shape index (κ2) is 7.84. The highest BCUT2D eigenvalue weighted by Gasteiger charge is 2.30. The van der Waals surface area contributed by atoms with Crippen LogP contribution in [-0.2, 0) is 11.8 Å². The number of methoxy groups -OCH3 is 1. The number of fused-ring (bicyclic) bond motifs is 1. The molecule has 1 aliphatic heterocycles. The Morgan fingerprint density at radius 1 is 1.13 bits per heavy atom. The van der Waals surface area contributed by atoms with Gasteiger partial charge in [0.05, 0.1) is 25.8 Å². The Bertz CT molecular complexity index is 1230. The van der Waals surface area contributed by atoms with Crippen LogP contribution in [0.5, 0.6) is 5.75 Å². The van der Waals surface area contributed by atoms with Gasteiger partial charge in [0.15, 0.2) is 0 Å². The number of aryl methyl sites for hydroxylation is 1. The molecule has 0 saturated carbocycles. The zero-order valence-electron chi connectivity index (χ0n) is 17.3. The molecule has 158 valence electrons. The molecule has 4 aromatic rings. The van der Waals surface area contributed by atoms with Gasteiger partial charge in [0.25, 0.3) is 5.91 Å². The molecule has 31 heavy (non-hydrogen) atoms. The lowest BCUT2D eigenvalue weighted by molar-refractivity contribution is -0.0244. The summed E-state index contributed by atoms with van der Waals surface area (Å²) < 4.78 is 14.5. The minimum Gasteiger partial charge on any atom is -0.497 e. The van der Waals surface area contributed by atoms with Crippen LogP contribution in [0.4, 0.5) is 0 Å². The number of hydrogen-bond acceptors (Lipinski definition) is 6. The summed E-state index contributed by atoms with van der Waals surface area (Å²) in [7, 11) is 3.41. The fraction of sp³-hybridized carbons (Fsp3) is 0.273. The number of carbonyl (C=O) groups is 1. The quantitative estimate of drug-likeness (QED) is 0.506. The number of aromatic nitrogens is 5. The van der Waals surface area contributed by atoms with Crippen molar-refractivity contribution < 1.29 is 14.3 Å². The van der Waals surface area contributed by atoms with Gasteiger partial charge in [0.1, 0.15) is 23.2 Å². The van der Waals surface area contributed by atoms with Crippen LogP contribution in [0.25, 0.3) is 16.6 Å². The van der Waals surface area contributed by atoms with Crippen LogP contribution in [0.2, 0.25) is 0 Å². The first-order chi connectivity index (χ1) is 15.1. The molecular weight excluding hydrogens is 396 g/mol. The van der Waals surface area contributed by atoms with Gasteiger partial charge in [-0.3, -0.25) is 9.48 Å². The third-order valence-corrected chi connectivity index (χ3v) is 5.56. The van der Waals surface area contributed by atoms with Crippen molar-refractivity contribution >= 4 is 11.4 Å². The lowest BCUT2D eigenvalue weighted by Crippen LogP contribution is -2.43. The fourth-order valence-electron chi connectivity index (χ4n) is 3.84. The number of benzene rings is 1. The third kappa shape index (κ3) is 3.53. The highest BCUT2D eigenvalue weighted by Crippen LogP contribution is 2.28. The lowest BCUT2D eigenvalue weighted by Gasteiger charge is -2.32. The van der Waals surface area contributed by atoms with E-state index in [4.69, 9.17) is 9.47 Å². The summed E-state index contributed by atoms with van der Waals surface area (Å²) in [6.07, 6.45) is 3.23. The first kappa shape index (κ1) is 19.3. The van der Waals surface area contributed by atoms with E-state index in [1.165, 1.54) is 0 Å². The summed E-state index contributed by atoms with van der Waals surface area (Å²) in [5.41, 5.74) is 4.21. The lowest BCUT2D eigenvalue weighted by atomic mass is 10.1. The number of nitrogens with zero attached hydrogens (tertiary/aromatic N) is 6. The van der Waals surface area contributed by atoms with Gasteiger partial charge in [-0.1, -0.05) is 23.4 Å². The Hall–Kier alpha value is -3.72. The largest absolute Gasteiger partial charge is 0.497 e. The summed E-state index contributed by atoms with van der Waals surface area (Å²) in [6.45, 7) is 1.39. The molecule has 1 aliphatic rings. The van der Waals surface area contributed by atoms with Crippen molar-refractivity contribution in [2.24, 2.45) is 7.05 Å². The predicted octanol–water partition coefficient (Wildman–Crippen LogP) is 2.35. The van der Waals surface area contributed by atoms with E-state index in [-0.39, 0.29) is 12.0 Å². The minimum absolute atomic E-state index is 0.0634. The summed E-state index contributed by atoms with van der Waals surface area (Å²) in [5, 5.41) is 12.8. The molecule has 0 radical (unpaired) electrons. The summed E-state index contributed by atoms with van der Waals surface area (Å²) in [6, 6.07) is 13.6. The van der Waals surface area contributed by atoms with Crippen LogP contribution in [0, 0.1) is 0 Å². The van der Waals surface area contributed by atoms with Crippen molar-refractivity contribution in [1.29, 1.82) is 0 Å². The Labute approximate surface area is 178 Å². The van der Waals surface area contributed by atoms with Crippen molar-refractivity contribution in [2.45, 2.75) is 6.10 Å². The minimum atomic E-state index is -0.338. The maximum Gasteiger partial charge on any atom is 0.272 e. The van der Waals surface area contributed by atoms with E-state index in [9.17, 15) is 4.79 Å². The van der Waals surface area contributed by atoms with E-state index in [1.807, 2.05) is 42.6 Å². The van der Waals surface area contributed by atoms with Gasteiger partial charge in [0, 0.05) is 31.5 Å². The van der Waals surface area contributed by atoms with Crippen molar-refractivity contribution in [3.05, 3.63) is 66.2 Å². The maximum absolute atomic E-state index is 12.9. The predicted molar refractivity (Wildman–Crippen MR) is 113 cm³/mol. The second-order valence-corrected chi connectivity index (χ2v) is 7.40. The molecule has 0 N–H and O–H groups in total.